The smallest absolute Gasteiger partial charge is 0.331 e. The average Bonchev–Trinajstić information content (AvgIpc) is 3.06. The molecule has 98 valence electrons. The Morgan fingerprint density at radius 2 is 2.32 bits per heavy atom. The van der Waals surface area contributed by atoms with Crippen molar-refractivity contribution in [1.82, 2.24) is 14.5 Å². The molecule has 3 heterocycles. The lowest BCUT2D eigenvalue weighted by Gasteiger charge is -2.32. The Morgan fingerprint density at radius 1 is 1.47 bits per heavy atom. The van der Waals surface area contributed by atoms with Crippen molar-refractivity contribution in [2.45, 2.75) is 12.5 Å². The van der Waals surface area contributed by atoms with Crippen LogP contribution in [-0.2, 0) is 11.2 Å². The van der Waals surface area contributed by atoms with Crippen LogP contribution in [0.1, 0.15) is 27.0 Å². The van der Waals surface area contributed by atoms with Gasteiger partial charge in [-0.1, -0.05) is 4.49 Å². The molecule has 0 saturated heterocycles. The van der Waals surface area contributed by atoms with Crippen LogP contribution in [0, 0.1) is 0 Å². The van der Waals surface area contributed by atoms with E-state index in [1.165, 1.54) is 21.6 Å². The van der Waals surface area contributed by atoms with Gasteiger partial charge in [0.15, 0.2) is 11.7 Å². The Labute approximate surface area is 116 Å². The number of fused-ring (bicyclic) bond motifs is 1. The number of aromatic nitrogens is 2. The summed E-state index contributed by atoms with van der Waals surface area (Å²) in [5, 5.41) is 16.5. The summed E-state index contributed by atoms with van der Waals surface area (Å²) < 4.78 is 3.64. The first-order valence-electron chi connectivity index (χ1n) is 5.55. The molecule has 0 bridgehead atoms. The van der Waals surface area contributed by atoms with Crippen LogP contribution >= 0.6 is 22.9 Å². The molecule has 0 radical (unpaired) electrons. The van der Waals surface area contributed by atoms with Gasteiger partial charge in [0.2, 0.25) is 0 Å². The van der Waals surface area contributed by atoms with E-state index in [0.29, 0.717) is 18.5 Å². The quantitative estimate of drug-likeness (QED) is 0.906. The third kappa shape index (κ3) is 2.02. The lowest BCUT2D eigenvalue weighted by molar-refractivity contribution is -0.142. The Morgan fingerprint density at radius 3 is 3.00 bits per heavy atom. The molecule has 1 aliphatic rings. The molecule has 0 saturated carbocycles. The number of nitrogens with zero attached hydrogens (tertiary/aromatic N) is 3. The van der Waals surface area contributed by atoms with Crippen molar-refractivity contribution in [3.63, 3.8) is 0 Å². The number of amides is 1. The van der Waals surface area contributed by atoms with Crippen LogP contribution in [0.5, 0.6) is 0 Å². The van der Waals surface area contributed by atoms with Crippen molar-refractivity contribution in [3.05, 3.63) is 33.0 Å². The van der Waals surface area contributed by atoms with Gasteiger partial charge in [-0.3, -0.25) is 4.79 Å². The molecule has 1 amide bonds. The van der Waals surface area contributed by atoms with Gasteiger partial charge in [0.05, 0.1) is 0 Å². The Balaban J connectivity index is 1.98. The maximum absolute atomic E-state index is 12.3. The van der Waals surface area contributed by atoms with Crippen molar-refractivity contribution in [2.75, 3.05) is 6.54 Å². The van der Waals surface area contributed by atoms with Crippen LogP contribution < -0.4 is 0 Å². The molecular weight excluding hydrogens is 286 g/mol. The normalized spacial score (nSPS) is 18.1. The van der Waals surface area contributed by atoms with Crippen LogP contribution in [0.2, 0.25) is 0 Å². The summed E-state index contributed by atoms with van der Waals surface area (Å²) in [5.74, 6) is -1.39. The molecule has 1 atom stereocenters. The summed E-state index contributed by atoms with van der Waals surface area (Å²) in [4.78, 5) is 26.1. The molecule has 1 unspecified atom stereocenters. The topological polar surface area (TPSA) is 83.4 Å². The highest BCUT2D eigenvalue weighted by Gasteiger charge is 2.37. The van der Waals surface area contributed by atoms with Crippen molar-refractivity contribution in [1.29, 1.82) is 0 Å². The number of hydrogen-bond donors (Lipinski definition) is 1. The number of thiophene rings is 1. The van der Waals surface area contributed by atoms with Gasteiger partial charge >= 0.3 is 5.97 Å². The van der Waals surface area contributed by atoms with Crippen LogP contribution in [0.3, 0.4) is 0 Å². The number of carbonyl (C=O) groups is 2. The van der Waals surface area contributed by atoms with Crippen molar-refractivity contribution >= 4 is 34.7 Å². The number of carboxylic acid groups (broad SMARTS) is 1. The zero-order valence-electron chi connectivity index (χ0n) is 9.65. The molecular formula is C11H9N3O3S2. The lowest BCUT2D eigenvalue weighted by atomic mass is 10.00. The minimum atomic E-state index is -1.02. The van der Waals surface area contributed by atoms with Crippen molar-refractivity contribution < 1.29 is 14.7 Å². The molecule has 0 fully saturated rings. The number of rotatable bonds is 2. The molecule has 3 rings (SSSR count). The first-order chi connectivity index (χ1) is 9.18. The van der Waals surface area contributed by atoms with E-state index in [9.17, 15) is 14.7 Å². The van der Waals surface area contributed by atoms with Gasteiger partial charge in [-0.15, -0.1) is 16.4 Å². The first kappa shape index (κ1) is 12.2. The second-order valence-corrected chi connectivity index (χ2v) is 5.69. The lowest BCUT2D eigenvalue weighted by Crippen LogP contribution is -2.43. The predicted octanol–water partition coefficient (Wildman–Crippen LogP) is 1.42. The molecule has 0 aromatic carbocycles. The summed E-state index contributed by atoms with van der Waals surface area (Å²) >= 11 is 2.61. The summed E-state index contributed by atoms with van der Waals surface area (Å²) in [6.45, 7) is 0.390. The molecule has 8 heteroatoms. The largest absolute Gasteiger partial charge is 0.479 e. The third-order valence-corrected chi connectivity index (χ3v) is 4.54. The predicted molar refractivity (Wildman–Crippen MR) is 69.3 cm³/mol. The maximum atomic E-state index is 12.3. The van der Waals surface area contributed by atoms with Crippen LogP contribution in [0.15, 0.2) is 16.8 Å². The summed E-state index contributed by atoms with van der Waals surface area (Å²) in [6.07, 6.45) is 0.681. The van der Waals surface area contributed by atoms with Crippen LogP contribution in [0.25, 0.3) is 0 Å². The number of aliphatic carboxylic acids is 1. The molecule has 1 N–H and O–H groups in total. The second-order valence-electron chi connectivity index (χ2n) is 4.08. The Kier molecular flexibility index (Phi) is 3.03. The van der Waals surface area contributed by atoms with E-state index in [1.807, 2.05) is 5.38 Å². The summed E-state index contributed by atoms with van der Waals surface area (Å²) in [5.41, 5.74) is 0.912. The molecule has 0 spiro atoms. The highest BCUT2D eigenvalue weighted by atomic mass is 32.1. The molecule has 6 nitrogen and oxygen atoms in total. The minimum absolute atomic E-state index is 0.204. The molecule has 19 heavy (non-hydrogen) atoms. The Hall–Kier alpha value is -1.80. The third-order valence-electron chi connectivity index (χ3n) is 3.04. The van der Waals surface area contributed by atoms with Gasteiger partial charge in [0, 0.05) is 16.8 Å². The highest BCUT2D eigenvalue weighted by molar-refractivity contribution is 7.10. The second kappa shape index (κ2) is 4.71. The van der Waals surface area contributed by atoms with Gasteiger partial charge in [-0.2, -0.15) is 0 Å². The highest BCUT2D eigenvalue weighted by Crippen LogP contribution is 2.34. The van der Waals surface area contributed by atoms with Gasteiger partial charge in [0.1, 0.15) is 0 Å². The van der Waals surface area contributed by atoms with Crippen LogP contribution in [0.4, 0.5) is 0 Å². The van der Waals surface area contributed by atoms with Crippen LogP contribution in [-0.4, -0.2) is 38.0 Å². The van der Waals surface area contributed by atoms with Gasteiger partial charge in [0.25, 0.3) is 5.91 Å². The van der Waals surface area contributed by atoms with E-state index in [4.69, 9.17) is 0 Å². The van der Waals surface area contributed by atoms with E-state index >= 15 is 0 Å². The Bertz CT molecular complexity index is 623. The zero-order chi connectivity index (χ0) is 13.4. The fourth-order valence-electron chi connectivity index (χ4n) is 2.21. The SMILES string of the molecule is O=C(O)C1c2ccsc2CCN1C(=O)c1csnn1. The fourth-order valence-corrected chi connectivity index (χ4v) is 3.54. The molecule has 2 aromatic heterocycles. The number of hydrogen-bond acceptors (Lipinski definition) is 6. The monoisotopic (exact) mass is 295 g/mol. The first-order valence-corrected chi connectivity index (χ1v) is 7.27. The van der Waals surface area contributed by atoms with E-state index < -0.39 is 12.0 Å². The number of carbonyl (C=O) groups excluding carboxylic acids is 1. The zero-order valence-corrected chi connectivity index (χ0v) is 11.3. The van der Waals surface area contributed by atoms with E-state index in [1.54, 1.807) is 6.07 Å². The maximum Gasteiger partial charge on any atom is 0.331 e. The standard InChI is InChI=1S/C11H9N3O3S2/c15-10(7-5-19-13-12-7)14-3-1-8-6(2-4-18-8)9(14)11(16)17/h2,4-5,9H,1,3H2,(H,16,17). The molecule has 2 aromatic rings. The number of carboxylic acids is 1. The molecule has 1 aliphatic heterocycles. The van der Waals surface area contributed by atoms with Gasteiger partial charge < -0.3 is 10.0 Å². The summed E-state index contributed by atoms with van der Waals surface area (Å²) in [6, 6.07) is 0.849. The average molecular weight is 295 g/mol. The summed E-state index contributed by atoms with van der Waals surface area (Å²) in [7, 11) is 0. The fraction of sp³-hybridized carbons (Fsp3) is 0.273. The van der Waals surface area contributed by atoms with E-state index in [2.05, 4.69) is 9.59 Å². The van der Waals surface area contributed by atoms with Gasteiger partial charge in [-0.25, -0.2) is 4.79 Å². The van der Waals surface area contributed by atoms with Gasteiger partial charge in [-0.05, 0) is 35.0 Å². The van der Waals surface area contributed by atoms with Crippen molar-refractivity contribution in [3.8, 4) is 0 Å². The van der Waals surface area contributed by atoms with E-state index in [0.717, 1.165) is 16.4 Å². The van der Waals surface area contributed by atoms with E-state index in [-0.39, 0.29) is 11.6 Å². The van der Waals surface area contributed by atoms with Crippen molar-refractivity contribution in [2.24, 2.45) is 0 Å². The molecule has 0 aliphatic carbocycles. The minimum Gasteiger partial charge on any atom is -0.479 e.